The van der Waals surface area contributed by atoms with Crippen LogP contribution < -0.4 is 5.32 Å². The van der Waals surface area contributed by atoms with Gasteiger partial charge in [0.25, 0.3) is 0 Å². The number of benzene rings is 1. The standard InChI is InChI=1S/C17H21F3N2O2/c1-11(10-21-15(23)24-16(2,3)4)22-8-7-12-5-6-13(9-14(12)22)17(18,19)20/h5-9,11H,10H2,1-4H3,(H,21,23)/t11-/m1/s1. The zero-order valence-electron chi connectivity index (χ0n) is 14.1. The molecule has 7 heteroatoms. The van der Waals surface area contributed by atoms with Crippen molar-refractivity contribution in [2.75, 3.05) is 6.54 Å². The smallest absolute Gasteiger partial charge is 0.416 e. The van der Waals surface area contributed by atoms with Crippen LogP contribution in [-0.4, -0.2) is 22.8 Å². The molecule has 1 aromatic carbocycles. The second-order valence-corrected chi connectivity index (χ2v) is 6.73. The second kappa shape index (κ2) is 6.37. The van der Waals surface area contributed by atoms with Crippen molar-refractivity contribution in [3.63, 3.8) is 0 Å². The summed E-state index contributed by atoms with van der Waals surface area (Å²) < 4.78 is 45.5. The largest absolute Gasteiger partial charge is 0.444 e. The topological polar surface area (TPSA) is 43.3 Å². The predicted octanol–water partition coefficient (Wildman–Crippen LogP) is 4.75. The Labute approximate surface area is 138 Å². The number of nitrogens with one attached hydrogen (secondary N) is 1. The van der Waals surface area contributed by atoms with Gasteiger partial charge >= 0.3 is 12.3 Å². The molecule has 1 aromatic heterocycles. The first kappa shape index (κ1) is 18.2. The average Bonchev–Trinajstić information content (AvgIpc) is 2.85. The SMILES string of the molecule is C[C@H](CNC(=O)OC(C)(C)C)n1ccc2ccc(C(F)(F)F)cc21. The molecule has 0 saturated carbocycles. The van der Waals surface area contributed by atoms with Gasteiger partial charge in [0.2, 0.25) is 0 Å². The molecule has 0 saturated heterocycles. The zero-order chi connectivity index (χ0) is 18.1. The minimum atomic E-state index is -4.39. The lowest BCUT2D eigenvalue weighted by atomic mass is 10.1. The highest BCUT2D eigenvalue weighted by molar-refractivity contribution is 5.81. The maximum Gasteiger partial charge on any atom is 0.416 e. The monoisotopic (exact) mass is 342 g/mol. The lowest BCUT2D eigenvalue weighted by Crippen LogP contribution is -2.35. The van der Waals surface area contributed by atoms with Gasteiger partial charge < -0.3 is 14.6 Å². The normalized spacial score (nSPS) is 13.8. The number of halogens is 3. The molecule has 0 aliphatic carbocycles. The first-order valence-electron chi connectivity index (χ1n) is 7.62. The molecule has 0 fully saturated rings. The summed E-state index contributed by atoms with van der Waals surface area (Å²) >= 11 is 0. The number of rotatable bonds is 3. The fourth-order valence-electron chi connectivity index (χ4n) is 2.35. The van der Waals surface area contributed by atoms with Crippen molar-refractivity contribution in [1.29, 1.82) is 0 Å². The summed E-state index contributed by atoms with van der Waals surface area (Å²) in [5, 5.41) is 3.35. The molecule has 4 nitrogen and oxygen atoms in total. The van der Waals surface area contributed by atoms with Gasteiger partial charge in [0.1, 0.15) is 5.60 Å². The van der Waals surface area contributed by atoms with Gasteiger partial charge in [0, 0.05) is 24.3 Å². The van der Waals surface area contributed by atoms with E-state index in [-0.39, 0.29) is 12.6 Å². The van der Waals surface area contributed by atoms with E-state index in [0.717, 1.165) is 12.1 Å². The minimum absolute atomic E-state index is 0.224. The molecular weight excluding hydrogens is 321 g/mol. The van der Waals surface area contributed by atoms with Gasteiger partial charge in [0.15, 0.2) is 0 Å². The number of alkyl halides is 3. The third kappa shape index (κ3) is 4.43. The maximum absolute atomic E-state index is 12.9. The summed E-state index contributed by atoms with van der Waals surface area (Å²) in [5.41, 5.74) is -0.819. The van der Waals surface area contributed by atoms with Crippen molar-refractivity contribution in [2.24, 2.45) is 0 Å². The highest BCUT2D eigenvalue weighted by Gasteiger charge is 2.30. The number of nitrogens with zero attached hydrogens (tertiary/aromatic N) is 1. The summed E-state index contributed by atoms with van der Waals surface area (Å²) in [6.45, 7) is 7.34. The molecule has 1 amide bonds. The summed E-state index contributed by atoms with van der Waals surface area (Å²) in [6.07, 6.45) is -3.23. The molecule has 1 atom stereocenters. The van der Waals surface area contributed by atoms with Gasteiger partial charge in [-0.2, -0.15) is 13.2 Å². The van der Waals surface area contributed by atoms with Crippen molar-refractivity contribution < 1.29 is 22.7 Å². The molecule has 24 heavy (non-hydrogen) atoms. The fourth-order valence-corrected chi connectivity index (χ4v) is 2.35. The van der Waals surface area contributed by atoms with Crippen molar-refractivity contribution in [3.05, 3.63) is 36.0 Å². The first-order chi connectivity index (χ1) is 11.0. The molecule has 2 rings (SSSR count). The van der Waals surface area contributed by atoms with E-state index >= 15 is 0 Å². The van der Waals surface area contributed by atoms with E-state index in [4.69, 9.17) is 4.74 Å². The maximum atomic E-state index is 12.9. The highest BCUT2D eigenvalue weighted by atomic mass is 19.4. The van der Waals surface area contributed by atoms with Gasteiger partial charge in [-0.1, -0.05) is 6.07 Å². The Bertz CT molecular complexity index is 729. The Morgan fingerprint density at radius 1 is 1.25 bits per heavy atom. The van der Waals surface area contributed by atoms with Crippen LogP contribution in [0.5, 0.6) is 0 Å². The van der Waals surface area contributed by atoms with Crippen molar-refractivity contribution in [3.8, 4) is 0 Å². The molecule has 0 aliphatic heterocycles. The van der Waals surface area contributed by atoms with Gasteiger partial charge in [-0.15, -0.1) is 0 Å². The van der Waals surface area contributed by atoms with E-state index < -0.39 is 23.4 Å². The average molecular weight is 342 g/mol. The van der Waals surface area contributed by atoms with Gasteiger partial charge in [-0.05, 0) is 51.3 Å². The van der Waals surface area contributed by atoms with Crippen LogP contribution in [0.25, 0.3) is 10.9 Å². The predicted molar refractivity (Wildman–Crippen MR) is 85.9 cm³/mol. The van der Waals surface area contributed by atoms with E-state index in [9.17, 15) is 18.0 Å². The molecule has 0 radical (unpaired) electrons. The van der Waals surface area contributed by atoms with E-state index in [1.807, 2.05) is 6.92 Å². The number of amides is 1. The molecule has 132 valence electrons. The number of carbonyl (C=O) groups is 1. The lowest BCUT2D eigenvalue weighted by Gasteiger charge is -2.21. The Kier molecular flexibility index (Phi) is 4.82. The number of ether oxygens (including phenoxy) is 1. The fraction of sp³-hybridized carbons (Fsp3) is 0.471. The van der Waals surface area contributed by atoms with Crippen LogP contribution in [-0.2, 0) is 10.9 Å². The number of fused-ring (bicyclic) bond motifs is 1. The Hall–Kier alpha value is -2.18. The number of hydrogen-bond donors (Lipinski definition) is 1. The van der Waals surface area contributed by atoms with Crippen LogP contribution in [0.3, 0.4) is 0 Å². The van der Waals surface area contributed by atoms with Crippen LogP contribution >= 0.6 is 0 Å². The molecule has 1 heterocycles. The number of aromatic nitrogens is 1. The Morgan fingerprint density at radius 2 is 1.92 bits per heavy atom. The molecule has 2 aromatic rings. The summed E-state index contributed by atoms with van der Waals surface area (Å²) in [7, 11) is 0. The molecule has 0 spiro atoms. The third-order valence-corrected chi connectivity index (χ3v) is 3.47. The Morgan fingerprint density at radius 3 is 2.50 bits per heavy atom. The van der Waals surface area contributed by atoms with Gasteiger partial charge in [-0.25, -0.2) is 4.79 Å². The first-order valence-corrected chi connectivity index (χ1v) is 7.62. The van der Waals surface area contributed by atoms with Crippen molar-refractivity contribution in [1.82, 2.24) is 9.88 Å². The van der Waals surface area contributed by atoms with Crippen LogP contribution in [0.15, 0.2) is 30.5 Å². The van der Waals surface area contributed by atoms with Crippen LogP contribution in [0.1, 0.15) is 39.3 Å². The summed E-state index contributed by atoms with van der Waals surface area (Å²) in [4.78, 5) is 11.7. The number of carbonyl (C=O) groups excluding carboxylic acids is 1. The van der Waals surface area contributed by atoms with Gasteiger partial charge in [0.05, 0.1) is 5.56 Å². The summed E-state index contributed by atoms with van der Waals surface area (Å²) in [5.74, 6) is 0. The molecule has 0 unspecified atom stereocenters. The van der Waals surface area contributed by atoms with Crippen molar-refractivity contribution in [2.45, 2.75) is 45.5 Å². The Balaban J connectivity index is 2.15. The molecule has 0 bridgehead atoms. The van der Waals surface area contributed by atoms with Crippen LogP contribution in [0, 0.1) is 0 Å². The molecular formula is C17H21F3N2O2. The molecule has 1 N–H and O–H groups in total. The zero-order valence-corrected chi connectivity index (χ0v) is 14.1. The van der Waals surface area contributed by atoms with E-state index in [1.165, 1.54) is 6.07 Å². The van der Waals surface area contributed by atoms with E-state index in [1.54, 1.807) is 37.6 Å². The van der Waals surface area contributed by atoms with Crippen LogP contribution in [0.4, 0.5) is 18.0 Å². The second-order valence-electron chi connectivity index (χ2n) is 6.73. The quantitative estimate of drug-likeness (QED) is 0.875. The van der Waals surface area contributed by atoms with E-state index in [2.05, 4.69) is 5.32 Å². The van der Waals surface area contributed by atoms with E-state index in [0.29, 0.717) is 10.9 Å². The van der Waals surface area contributed by atoms with Crippen LogP contribution in [0.2, 0.25) is 0 Å². The highest BCUT2D eigenvalue weighted by Crippen LogP contribution is 2.32. The number of alkyl carbamates (subject to hydrolysis) is 1. The molecule has 0 aliphatic rings. The van der Waals surface area contributed by atoms with Crippen molar-refractivity contribution >= 4 is 17.0 Å². The summed E-state index contributed by atoms with van der Waals surface area (Å²) in [6, 6.07) is 5.16. The number of hydrogen-bond acceptors (Lipinski definition) is 2. The minimum Gasteiger partial charge on any atom is -0.444 e. The lowest BCUT2D eigenvalue weighted by molar-refractivity contribution is -0.137. The third-order valence-electron chi connectivity index (χ3n) is 3.47. The van der Waals surface area contributed by atoms with Gasteiger partial charge in [-0.3, -0.25) is 0 Å².